The van der Waals surface area contributed by atoms with Crippen LogP contribution in [0, 0.1) is 11.8 Å². The van der Waals surface area contributed by atoms with Crippen LogP contribution in [0.15, 0.2) is 47.5 Å². The first-order valence-electron chi connectivity index (χ1n) is 20.9. The number of piperidine rings is 3. The van der Waals surface area contributed by atoms with Gasteiger partial charge in [-0.2, -0.15) is 10.1 Å². The number of benzene rings is 1. The molecule has 17 nitrogen and oxygen atoms in total. The molecule has 4 aromatic heterocycles. The number of rotatable bonds is 11. The third kappa shape index (κ3) is 8.20. The van der Waals surface area contributed by atoms with E-state index in [1.54, 1.807) is 18.5 Å². The van der Waals surface area contributed by atoms with E-state index in [-0.39, 0.29) is 53.5 Å². The average Bonchev–Trinajstić information content (AvgIpc) is 3.59. The first kappa shape index (κ1) is 41.9. The predicted octanol–water partition coefficient (Wildman–Crippen LogP) is 4.58. The van der Waals surface area contributed by atoms with Crippen molar-refractivity contribution in [2.75, 3.05) is 55.0 Å². The largest absolute Gasteiger partial charge is 0.478 e. The number of halogens is 1. The van der Waals surface area contributed by atoms with Crippen molar-refractivity contribution in [3.05, 3.63) is 63.8 Å². The number of nitrogens with zero attached hydrogens (tertiary/aromatic N) is 8. The summed E-state index contributed by atoms with van der Waals surface area (Å²) in [5, 5.41) is 27.0. The maximum absolute atomic E-state index is 13.2. The minimum absolute atomic E-state index is 0.0426. The number of para-hydroxylation sites is 1. The van der Waals surface area contributed by atoms with Gasteiger partial charge in [-0.25, -0.2) is 9.97 Å². The highest BCUT2D eigenvalue weighted by molar-refractivity contribution is 6.33. The van der Waals surface area contributed by atoms with E-state index in [1.807, 2.05) is 50.7 Å². The van der Waals surface area contributed by atoms with Crippen LogP contribution in [0.4, 0.5) is 23.1 Å². The van der Waals surface area contributed by atoms with Gasteiger partial charge in [0, 0.05) is 63.5 Å². The van der Waals surface area contributed by atoms with Crippen molar-refractivity contribution in [3.63, 3.8) is 0 Å². The molecule has 322 valence electrons. The Labute approximate surface area is 357 Å². The van der Waals surface area contributed by atoms with Crippen LogP contribution in [-0.2, 0) is 21.4 Å². The highest BCUT2D eigenvalue weighted by Crippen LogP contribution is 2.42. The number of amides is 3. The fourth-order valence-corrected chi connectivity index (χ4v) is 9.45. The molecule has 8 rings (SSSR count). The highest BCUT2D eigenvalue weighted by atomic mass is 35.5. The number of aliphatic hydroxyl groups is 1. The number of hydrogen-bond donors (Lipinski definition) is 4. The maximum atomic E-state index is 13.2. The molecule has 7 heterocycles. The quantitative estimate of drug-likeness (QED) is 0.135. The number of aryl methyl sites for hydroxylation is 1. The number of anilines is 4. The van der Waals surface area contributed by atoms with E-state index in [2.05, 4.69) is 41.8 Å². The molecule has 3 fully saturated rings. The number of likely N-dealkylation sites (N-methyl/N-ethyl adjacent to an activating group) is 1. The molecule has 0 saturated carbocycles. The van der Waals surface area contributed by atoms with Crippen molar-refractivity contribution in [3.8, 4) is 5.75 Å². The molecule has 1 unspecified atom stereocenters. The molecule has 0 spiro atoms. The van der Waals surface area contributed by atoms with Crippen LogP contribution >= 0.6 is 11.6 Å². The standard InChI is InChI=1S/C43H52ClN11O6/c1-24(2)55-39-25(20-33(41(55)59)61-23-35(57)45-4)19-28(21-46-39)48-38-31(44)22-47-42(50-38)54-17-13-27(14-18-54)43(3,60)26-11-15-53(16-12-26)32-8-6-7-29-36(51-52(5)37(29)32)30-9-10-34(56)49-40(30)58/h6-8,19-22,24,26-27,30,60H,9-18,23H2,1-5H3,(H,45,57)(H,47,48,50)(H,49,56,58)/t30?,43-/m0/s1. The molecule has 3 amide bonds. The molecular weight excluding hydrogens is 802 g/mol. The molecule has 4 N–H and O–H groups in total. The van der Waals surface area contributed by atoms with Crippen molar-refractivity contribution in [1.29, 1.82) is 0 Å². The van der Waals surface area contributed by atoms with Gasteiger partial charge in [0.2, 0.25) is 17.8 Å². The molecule has 3 aliphatic rings. The Balaban J connectivity index is 0.911. The molecule has 0 radical (unpaired) electrons. The van der Waals surface area contributed by atoms with E-state index in [1.165, 1.54) is 11.6 Å². The Morgan fingerprint density at radius 3 is 2.39 bits per heavy atom. The lowest BCUT2D eigenvalue weighted by atomic mass is 9.70. The van der Waals surface area contributed by atoms with Gasteiger partial charge in [-0.3, -0.25) is 33.7 Å². The Bertz CT molecular complexity index is 2560. The lowest BCUT2D eigenvalue weighted by Crippen LogP contribution is -2.51. The third-order valence-electron chi connectivity index (χ3n) is 12.7. The third-order valence-corrected chi connectivity index (χ3v) is 13.0. The van der Waals surface area contributed by atoms with Gasteiger partial charge in [0.1, 0.15) is 10.7 Å². The first-order valence-corrected chi connectivity index (χ1v) is 21.3. The van der Waals surface area contributed by atoms with Crippen molar-refractivity contribution in [1.82, 2.24) is 39.9 Å². The van der Waals surface area contributed by atoms with Crippen LogP contribution in [0.5, 0.6) is 5.75 Å². The SMILES string of the molecule is CNC(=O)COc1cc2cc(Nc3nc(N4CCC([C@@](C)(O)C5CCN(c6cccc7c(C8CCC(=O)NC8=O)nn(C)c67)CC5)CC4)ncc3Cl)cnc2n(C(C)C)c1=O. The zero-order chi connectivity index (χ0) is 43.2. The van der Waals surface area contributed by atoms with Crippen LogP contribution in [0.25, 0.3) is 21.9 Å². The lowest BCUT2D eigenvalue weighted by molar-refractivity contribution is -0.134. The molecule has 3 aliphatic heterocycles. The zero-order valence-electron chi connectivity index (χ0n) is 35.1. The number of carbonyl (C=O) groups excluding carboxylic acids is 3. The van der Waals surface area contributed by atoms with Gasteiger partial charge in [0.25, 0.3) is 11.5 Å². The Morgan fingerprint density at radius 2 is 1.72 bits per heavy atom. The number of imide groups is 1. The summed E-state index contributed by atoms with van der Waals surface area (Å²) in [5.74, 6) is -0.170. The predicted molar refractivity (Wildman–Crippen MR) is 233 cm³/mol. The molecule has 1 aromatic carbocycles. The number of carbonyl (C=O) groups is 3. The number of fused-ring (bicyclic) bond motifs is 2. The van der Waals surface area contributed by atoms with Gasteiger partial charge in [-0.1, -0.05) is 23.7 Å². The van der Waals surface area contributed by atoms with E-state index >= 15 is 0 Å². The average molecular weight is 854 g/mol. The van der Waals surface area contributed by atoms with Crippen molar-refractivity contribution >= 4 is 74.4 Å². The summed E-state index contributed by atoms with van der Waals surface area (Å²) in [6, 6.07) is 9.29. The molecule has 0 bridgehead atoms. The van der Waals surface area contributed by atoms with E-state index < -0.39 is 11.5 Å². The van der Waals surface area contributed by atoms with Crippen LogP contribution in [-0.4, -0.2) is 97.6 Å². The highest BCUT2D eigenvalue weighted by Gasteiger charge is 2.43. The molecule has 0 aliphatic carbocycles. The summed E-state index contributed by atoms with van der Waals surface area (Å²) >= 11 is 6.60. The summed E-state index contributed by atoms with van der Waals surface area (Å²) in [5.41, 5.74) is 2.55. The van der Waals surface area contributed by atoms with E-state index in [0.29, 0.717) is 65.1 Å². The number of pyridine rings is 2. The van der Waals surface area contributed by atoms with Crippen LogP contribution in [0.3, 0.4) is 0 Å². The topological polar surface area (TPSA) is 202 Å². The monoisotopic (exact) mass is 853 g/mol. The molecule has 61 heavy (non-hydrogen) atoms. The summed E-state index contributed by atoms with van der Waals surface area (Å²) in [6.45, 7) is 8.36. The molecule has 18 heteroatoms. The minimum Gasteiger partial charge on any atom is -0.478 e. The zero-order valence-corrected chi connectivity index (χ0v) is 35.8. The molecule has 2 atom stereocenters. The van der Waals surface area contributed by atoms with Crippen LogP contribution in [0.1, 0.15) is 76.9 Å². The number of aromatic nitrogens is 6. The second kappa shape index (κ2) is 16.9. The van der Waals surface area contributed by atoms with Gasteiger partial charge in [-0.15, -0.1) is 0 Å². The molecule has 3 saturated heterocycles. The Kier molecular flexibility index (Phi) is 11.6. The van der Waals surface area contributed by atoms with E-state index in [0.717, 1.165) is 55.4 Å². The van der Waals surface area contributed by atoms with Gasteiger partial charge < -0.3 is 30.3 Å². The fourth-order valence-electron chi connectivity index (χ4n) is 9.31. The molecule has 5 aromatic rings. The van der Waals surface area contributed by atoms with Gasteiger partial charge in [0.15, 0.2) is 18.2 Å². The number of ether oxygens (including phenoxy) is 1. The molecular formula is C43H52ClN11O6. The van der Waals surface area contributed by atoms with Crippen molar-refractivity contribution in [2.45, 2.75) is 76.9 Å². The maximum Gasteiger partial charge on any atom is 0.294 e. The number of nitrogens with one attached hydrogen (secondary N) is 3. The summed E-state index contributed by atoms with van der Waals surface area (Å²) in [7, 11) is 3.40. The van der Waals surface area contributed by atoms with Gasteiger partial charge >= 0.3 is 0 Å². The summed E-state index contributed by atoms with van der Waals surface area (Å²) < 4.78 is 8.97. The Hall–Kier alpha value is -5.81. The smallest absolute Gasteiger partial charge is 0.294 e. The normalized spacial score (nSPS) is 19.0. The van der Waals surface area contributed by atoms with Crippen molar-refractivity contribution in [2.24, 2.45) is 18.9 Å². The van der Waals surface area contributed by atoms with E-state index in [9.17, 15) is 24.3 Å². The Morgan fingerprint density at radius 1 is 1.02 bits per heavy atom. The van der Waals surface area contributed by atoms with Gasteiger partial charge in [0.05, 0.1) is 46.5 Å². The second-order valence-electron chi connectivity index (χ2n) is 16.8. The van der Waals surface area contributed by atoms with E-state index in [4.69, 9.17) is 26.4 Å². The lowest BCUT2D eigenvalue weighted by Gasteiger charge is -2.46. The van der Waals surface area contributed by atoms with Crippen LogP contribution in [0.2, 0.25) is 5.02 Å². The first-order chi connectivity index (χ1) is 29.2. The fraction of sp³-hybridized carbons (Fsp3) is 0.488. The summed E-state index contributed by atoms with van der Waals surface area (Å²) in [4.78, 5) is 68.0. The van der Waals surface area contributed by atoms with Gasteiger partial charge in [-0.05, 0) is 82.9 Å². The van der Waals surface area contributed by atoms with Crippen LogP contribution < -0.4 is 36.0 Å². The number of hydrogen-bond acceptors (Lipinski definition) is 13. The minimum atomic E-state index is -0.861. The summed E-state index contributed by atoms with van der Waals surface area (Å²) in [6.07, 6.45) is 7.14. The van der Waals surface area contributed by atoms with Crippen molar-refractivity contribution < 1.29 is 24.2 Å². The second-order valence-corrected chi connectivity index (χ2v) is 17.2.